The highest BCUT2D eigenvalue weighted by molar-refractivity contribution is 5.21. The molecule has 0 radical (unpaired) electrons. The van der Waals surface area contributed by atoms with E-state index in [0.717, 1.165) is 18.6 Å². The van der Waals surface area contributed by atoms with Crippen molar-refractivity contribution in [2.75, 3.05) is 0 Å². The van der Waals surface area contributed by atoms with Crippen LogP contribution in [-0.2, 0) is 0 Å². The molecule has 0 bridgehead atoms. The summed E-state index contributed by atoms with van der Waals surface area (Å²) in [5.41, 5.74) is 1.76. The van der Waals surface area contributed by atoms with Gasteiger partial charge in [-0.25, -0.2) is 0 Å². The van der Waals surface area contributed by atoms with Gasteiger partial charge in [-0.15, -0.1) is 0 Å². The summed E-state index contributed by atoms with van der Waals surface area (Å²) >= 11 is 0. The van der Waals surface area contributed by atoms with Crippen molar-refractivity contribution in [3.05, 3.63) is 11.3 Å². The molecule has 0 saturated heterocycles. The number of rotatable bonds is 0. The van der Waals surface area contributed by atoms with Crippen LogP contribution in [0.1, 0.15) is 51.9 Å². The molecule has 1 N–H and O–H groups in total. The van der Waals surface area contributed by atoms with Crippen LogP contribution in [0.25, 0.3) is 0 Å². The Hall–Kier alpha value is -0.460. The van der Waals surface area contributed by atoms with Crippen molar-refractivity contribution < 1.29 is 5.11 Å². The molecular formula is C11H18O. The van der Waals surface area contributed by atoms with E-state index >= 15 is 0 Å². The molecule has 1 fully saturated rings. The van der Waals surface area contributed by atoms with Gasteiger partial charge >= 0.3 is 0 Å². The topological polar surface area (TPSA) is 20.2 Å². The van der Waals surface area contributed by atoms with E-state index in [-0.39, 0.29) is 0 Å². The average molecular weight is 166 g/mol. The van der Waals surface area contributed by atoms with Gasteiger partial charge in [0.25, 0.3) is 0 Å². The third kappa shape index (κ3) is 1.16. The molecule has 2 aliphatic carbocycles. The molecule has 0 heterocycles. The molecule has 0 aliphatic heterocycles. The maximum Gasteiger partial charge on any atom is 0.0920 e. The fraction of sp³-hybridized carbons (Fsp3) is 0.818. The molecule has 1 nitrogen and oxygen atoms in total. The molecule has 1 heteroatoms. The minimum atomic E-state index is 0.376. The Balaban J connectivity index is 2.31. The normalized spacial score (nSPS) is 36.4. The summed E-state index contributed by atoms with van der Waals surface area (Å²) in [4.78, 5) is 0. The van der Waals surface area contributed by atoms with Crippen LogP contribution in [0.3, 0.4) is 0 Å². The Kier molecular flexibility index (Phi) is 1.90. The zero-order valence-electron chi connectivity index (χ0n) is 7.90. The van der Waals surface area contributed by atoms with Crippen molar-refractivity contribution in [2.24, 2.45) is 5.41 Å². The van der Waals surface area contributed by atoms with Gasteiger partial charge in [-0.05, 0) is 43.1 Å². The Labute approximate surface area is 74.5 Å². The van der Waals surface area contributed by atoms with Crippen LogP contribution in [0.15, 0.2) is 11.3 Å². The number of hydrogen-bond acceptors (Lipinski definition) is 1. The Morgan fingerprint density at radius 1 is 1.08 bits per heavy atom. The van der Waals surface area contributed by atoms with E-state index in [1.165, 1.54) is 37.7 Å². The largest absolute Gasteiger partial charge is 0.512 e. The maximum atomic E-state index is 9.75. The zero-order chi connectivity index (χ0) is 8.60. The van der Waals surface area contributed by atoms with Crippen molar-refractivity contribution in [1.29, 1.82) is 0 Å². The highest BCUT2D eigenvalue weighted by Crippen LogP contribution is 2.48. The quantitative estimate of drug-likeness (QED) is 0.583. The van der Waals surface area contributed by atoms with Crippen LogP contribution in [0.5, 0.6) is 0 Å². The van der Waals surface area contributed by atoms with E-state index in [0.29, 0.717) is 5.41 Å². The summed E-state index contributed by atoms with van der Waals surface area (Å²) < 4.78 is 0. The highest BCUT2D eigenvalue weighted by atomic mass is 16.3. The van der Waals surface area contributed by atoms with Crippen LogP contribution in [-0.4, -0.2) is 5.11 Å². The second-order valence-electron chi connectivity index (χ2n) is 4.55. The minimum absolute atomic E-state index is 0.376. The summed E-state index contributed by atoms with van der Waals surface area (Å²) in [5.74, 6) is 0.725. The minimum Gasteiger partial charge on any atom is -0.512 e. The first-order valence-corrected chi connectivity index (χ1v) is 5.14. The van der Waals surface area contributed by atoms with Gasteiger partial charge in [0.2, 0.25) is 0 Å². The summed E-state index contributed by atoms with van der Waals surface area (Å²) in [6.45, 7) is 2.33. The van der Waals surface area contributed by atoms with E-state index in [1.54, 1.807) is 0 Å². The molecule has 68 valence electrons. The van der Waals surface area contributed by atoms with E-state index in [2.05, 4.69) is 6.92 Å². The molecule has 1 unspecified atom stereocenters. The van der Waals surface area contributed by atoms with Crippen molar-refractivity contribution in [3.63, 3.8) is 0 Å². The molecule has 0 aromatic heterocycles. The van der Waals surface area contributed by atoms with E-state index in [1.807, 2.05) is 0 Å². The van der Waals surface area contributed by atoms with E-state index in [4.69, 9.17) is 0 Å². The van der Waals surface area contributed by atoms with Gasteiger partial charge in [0.15, 0.2) is 0 Å². The van der Waals surface area contributed by atoms with Crippen molar-refractivity contribution in [3.8, 4) is 0 Å². The van der Waals surface area contributed by atoms with Crippen LogP contribution in [0.4, 0.5) is 0 Å². The zero-order valence-corrected chi connectivity index (χ0v) is 7.90. The molecule has 0 aromatic carbocycles. The van der Waals surface area contributed by atoms with Gasteiger partial charge in [0.05, 0.1) is 5.76 Å². The first-order valence-electron chi connectivity index (χ1n) is 5.14. The second kappa shape index (κ2) is 2.79. The Bertz CT molecular complexity index is 217. The fourth-order valence-electron chi connectivity index (χ4n) is 2.84. The second-order valence-corrected chi connectivity index (χ2v) is 4.55. The highest BCUT2D eigenvalue weighted by Gasteiger charge is 2.35. The number of aliphatic hydroxyl groups is 1. The molecule has 12 heavy (non-hydrogen) atoms. The Morgan fingerprint density at radius 2 is 1.83 bits per heavy atom. The molecule has 2 aliphatic rings. The van der Waals surface area contributed by atoms with Crippen molar-refractivity contribution >= 4 is 0 Å². The summed E-state index contributed by atoms with van der Waals surface area (Å²) in [7, 11) is 0. The third-order valence-electron chi connectivity index (χ3n) is 3.62. The first-order chi connectivity index (χ1) is 5.72. The number of allylic oxidation sites excluding steroid dienone is 2. The molecule has 0 spiro atoms. The van der Waals surface area contributed by atoms with Crippen molar-refractivity contribution in [1.82, 2.24) is 0 Å². The molecule has 1 saturated carbocycles. The standard InChI is InChI=1S/C11H18O/c1-11-7-3-2-5-9(11)10(12)6-4-8-11/h12H,2-8H2,1H3. The molecule has 0 amide bonds. The fourth-order valence-corrected chi connectivity index (χ4v) is 2.84. The van der Waals surface area contributed by atoms with E-state index < -0.39 is 0 Å². The SMILES string of the molecule is CC12CCCCC1=C(O)CCC2. The van der Waals surface area contributed by atoms with Crippen molar-refractivity contribution in [2.45, 2.75) is 51.9 Å². The van der Waals surface area contributed by atoms with Gasteiger partial charge in [-0.2, -0.15) is 0 Å². The van der Waals surface area contributed by atoms with Crippen LogP contribution in [0, 0.1) is 5.41 Å². The lowest BCUT2D eigenvalue weighted by Gasteiger charge is -2.40. The van der Waals surface area contributed by atoms with E-state index in [9.17, 15) is 5.11 Å². The molecule has 1 atom stereocenters. The molecular weight excluding hydrogens is 148 g/mol. The lowest BCUT2D eigenvalue weighted by Crippen LogP contribution is -2.27. The van der Waals surface area contributed by atoms with Crippen LogP contribution < -0.4 is 0 Å². The smallest absolute Gasteiger partial charge is 0.0920 e. The van der Waals surface area contributed by atoms with Gasteiger partial charge < -0.3 is 5.11 Å². The summed E-state index contributed by atoms with van der Waals surface area (Å²) in [6.07, 6.45) is 8.51. The number of hydrogen-bond donors (Lipinski definition) is 1. The van der Waals surface area contributed by atoms with Gasteiger partial charge in [0, 0.05) is 6.42 Å². The average Bonchev–Trinajstić information content (AvgIpc) is 2.04. The monoisotopic (exact) mass is 166 g/mol. The lowest BCUT2D eigenvalue weighted by atomic mass is 9.66. The maximum absolute atomic E-state index is 9.75. The Morgan fingerprint density at radius 3 is 2.58 bits per heavy atom. The molecule has 2 rings (SSSR count). The van der Waals surface area contributed by atoms with Gasteiger partial charge in [0.1, 0.15) is 0 Å². The lowest BCUT2D eigenvalue weighted by molar-refractivity contribution is 0.218. The van der Waals surface area contributed by atoms with Crippen LogP contribution >= 0.6 is 0 Å². The summed E-state index contributed by atoms with van der Waals surface area (Å²) in [5, 5.41) is 9.75. The third-order valence-corrected chi connectivity index (χ3v) is 3.62. The number of fused-ring (bicyclic) bond motifs is 1. The van der Waals surface area contributed by atoms with Crippen LogP contribution in [0.2, 0.25) is 0 Å². The first kappa shape index (κ1) is 8.15. The predicted octanol–water partition coefficient (Wildman–Crippen LogP) is 3.56. The summed E-state index contributed by atoms with van der Waals surface area (Å²) in [6, 6.07) is 0. The van der Waals surface area contributed by atoms with Gasteiger partial charge in [-0.3, -0.25) is 0 Å². The van der Waals surface area contributed by atoms with Gasteiger partial charge in [-0.1, -0.05) is 13.3 Å². The predicted molar refractivity (Wildman–Crippen MR) is 50.1 cm³/mol. The number of aliphatic hydroxyl groups excluding tert-OH is 1. The molecule has 0 aromatic rings.